The average molecular weight is 431 g/mol. The van der Waals surface area contributed by atoms with Crippen molar-refractivity contribution in [3.8, 4) is 5.69 Å². The van der Waals surface area contributed by atoms with Crippen LogP contribution >= 0.6 is 0 Å². The van der Waals surface area contributed by atoms with Gasteiger partial charge in [-0.05, 0) is 48.9 Å². The van der Waals surface area contributed by atoms with Crippen LogP contribution in [0, 0.1) is 0 Å². The van der Waals surface area contributed by atoms with E-state index in [1.807, 2.05) is 6.92 Å². The molecular formula is C21H20F3N5O2. The van der Waals surface area contributed by atoms with Gasteiger partial charge in [0, 0.05) is 23.7 Å². The van der Waals surface area contributed by atoms with Gasteiger partial charge in [0.2, 0.25) is 0 Å². The number of aliphatic hydroxyl groups excluding tert-OH is 1. The van der Waals surface area contributed by atoms with Crippen molar-refractivity contribution in [2.75, 3.05) is 6.61 Å². The van der Waals surface area contributed by atoms with E-state index in [1.54, 1.807) is 29.8 Å². The highest BCUT2D eigenvalue weighted by molar-refractivity contribution is 6.09. The first kappa shape index (κ1) is 20.9. The molecule has 0 saturated heterocycles. The molecule has 1 amide bonds. The molecule has 31 heavy (non-hydrogen) atoms. The van der Waals surface area contributed by atoms with Crippen LogP contribution in [0.2, 0.25) is 0 Å². The lowest BCUT2D eigenvalue weighted by Gasteiger charge is -2.14. The highest BCUT2D eigenvalue weighted by Gasteiger charge is 2.30. The average Bonchev–Trinajstić information content (AvgIpc) is 3.28. The molecule has 2 aromatic heterocycles. The van der Waals surface area contributed by atoms with E-state index in [-0.39, 0.29) is 18.6 Å². The quantitative estimate of drug-likeness (QED) is 0.507. The monoisotopic (exact) mass is 431 g/mol. The minimum absolute atomic E-state index is 0.164. The summed E-state index contributed by atoms with van der Waals surface area (Å²) in [4.78, 5) is 12.6. The number of carbonyl (C=O) groups is 1. The largest absolute Gasteiger partial charge is 0.416 e. The van der Waals surface area contributed by atoms with Crippen molar-refractivity contribution < 1.29 is 23.1 Å². The molecule has 1 atom stereocenters. The summed E-state index contributed by atoms with van der Waals surface area (Å²) in [5, 5.41) is 21.0. The number of fused-ring (bicyclic) bond motifs is 3. The van der Waals surface area contributed by atoms with E-state index < -0.39 is 11.7 Å². The number of hydrogen-bond donors (Lipinski definition) is 2. The predicted octanol–water partition coefficient (Wildman–Crippen LogP) is 3.43. The molecule has 0 saturated carbocycles. The van der Waals surface area contributed by atoms with Crippen molar-refractivity contribution in [1.82, 2.24) is 24.9 Å². The summed E-state index contributed by atoms with van der Waals surface area (Å²) in [7, 11) is 1.69. The Labute approximate surface area is 175 Å². The van der Waals surface area contributed by atoms with Crippen molar-refractivity contribution in [3.63, 3.8) is 0 Å². The summed E-state index contributed by atoms with van der Waals surface area (Å²) < 4.78 is 42.2. The Morgan fingerprint density at radius 2 is 1.90 bits per heavy atom. The molecule has 4 rings (SSSR count). The summed E-state index contributed by atoms with van der Waals surface area (Å²) in [5.41, 5.74) is 1.97. The minimum atomic E-state index is -4.42. The van der Waals surface area contributed by atoms with E-state index in [0.29, 0.717) is 39.7 Å². The molecule has 0 bridgehead atoms. The molecule has 0 fully saturated rings. The van der Waals surface area contributed by atoms with E-state index in [0.717, 1.165) is 12.1 Å². The second-order valence-corrected chi connectivity index (χ2v) is 7.26. The Morgan fingerprint density at radius 3 is 2.52 bits per heavy atom. The topological polar surface area (TPSA) is 85.0 Å². The third kappa shape index (κ3) is 3.63. The third-order valence-corrected chi connectivity index (χ3v) is 5.27. The zero-order valence-corrected chi connectivity index (χ0v) is 16.8. The summed E-state index contributed by atoms with van der Waals surface area (Å²) in [6, 6.07) is 9.52. The first-order chi connectivity index (χ1) is 14.7. The van der Waals surface area contributed by atoms with Crippen LogP contribution in [0.1, 0.15) is 29.3 Å². The van der Waals surface area contributed by atoms with Gasteiger partial charge in [0.05, 0.1) is 23.7 Å². The summed E-state index contributed by atoms with van der Waals surface area (Å²) in [6.45, 7) is 1.70. The first-order valence-electron chi connectivity index (χ1n) is 9.67. The number of halogens is 3. The SMILES string of the molecule is CC[C@@H](CO)NC(=O)c1ccc2c(c1)c1nnn(C)c1n2-c1ccc(C(F)(F)F)cc1. The van der Waals surface area contributed by atoms with Crippen molar-refractivity contribution in [3.05, 3.63) is 53.6 Å². The fourth-order valence-corrected chi connectivity index (χ4v) is 3.56. The second-order valence-electron chi connectivity index (χ2n) is 7.26. The number of rotatable bonds is 5. The summed E-state index contributed by atoms with van der Waals surface area (Å²) >= 11 is 0. The van der Waals surface area contributed by atoms with Crippen LogP contribution in [0.4, 0.5) is 13.2 Å². The fraction of sp³-hybridized carbons (Fsp3) is 0.286. The van der Waals surface area contributed by atoms with Gasteiger partial charge in [-0.3, -0.25) is 9.36 Å². The number of nitrogens with one attached hydrogen (secondary N) is 1. The third-order valence-electron chi connectivity index (χ3n) is 5.27. The molecule has 7 nitrogen and oxygen atoms in total. The number of alkyl halides is 3. The van der Waals surface area contributed by atoms with Gasteiger partial charge >= 0.3 is 6.18 Å². The van der Waals surface area contributed by atoms with Crippen LogP contribution in [0.5, 0.6) is 0 Å². The molecule has 2 N–H and O–H groups in total. The molecule has 4 aromatic rings. The van der Waals surface area contributed by atoms with Crippen molar-refractivity contribution in [1.29, 1.82) is 0 Å². The normalized spacial score (nSPS) is 13.1. The molecule has 0 aliphatic rings. The lowest BCUT2D eigenvalue weighted by molar-refractivity contribution is -0.137. The zero-order chi connectivity index (χ0) is 22.3. The Hall–Kier alpha value is -3.40. The zero-order valence-electron chi connectivity index (χ0n) is 16.8. The van der Waals surface area contributed by atoms with Gasteiger partial charge in [0.1, 0.15) is 5.52 Å². The highest BCUT2D eigenvalue weighted by Crippen LogP contribution is 2.33. The Morgan fingerprint density at radius 1 is 1.19 bits per heavy atom. The molecule has 0 spiro atoms. The number of carbonyl (C=O) groups excluding carboxylic acids is 1. The van der Waals surface area contributed by atoms with Crippen LogP contribution in [0.15, 0.2) is 42.5 Å². The lowest BCUT2D eigenvalue weighted by atomic mass is 10.1. The molecule has 0 aliphatic heterocycles. The number of nitrogens with zero attached hydrogens (tertiary/aromatic N) is 4. The van der Waals surface area contributed by atoms with E-state index in [4.69, 9.17) is 0 Å². The molecule has 2 heterocycles. The Balaban J connectivity index is 1.84. The van der Waals surface area contributed by atoms with Gasteiger partial charge in [-0.25, -0.2) is 4.68 Å². The summed E-state index contributed by atoms with van der Waals surface area (Å²) in [6.07, 6.45) is -3.84. The lowest BCUT2D eigenvalue weighted by Crippen LogP contribution is -2.36. The van der Waals surface area contributed by atoms with E-state index in [2.05, 4.69) is 15.6 Å². The number of hydrogen-bond acceptors (Lipinski definition) is 4. The Bertz CT molecular complexity index is 1250. The van der Waals surface area contributed by atoms with Crippen LogP contribution in [0.25, 0.3) is 27.8 Å². The fourth-order valence-electron chi connectivity index (χ4n) is 3.56. The maximum Gasteiger partial charge on any atom is 0.416 e. The summed E-state index contributed by atoms with van der Waals surface area (Å²) in [5.74, 6) is -0.331. The van der Waals surface area contributed by atoms with Crippen LogP contribution in [-0.2, 0) is 13.2 Å². The predicted molar refractivity (Wildman–Crippen MR) is 109 cm³/mol. The number of benzene rings is 2. The van der Waals surface area contributed by atoms with E-state index >= 15 is 0 Å². The highest BCUT2D eigenvalue weighted by atomic mass is 19.4. The van der Waals surface area contributed by atoms with Gasteiger partial charge < -0.3 is 10.4 Å². The van der Waals surface area contributed by atoms with Crippen LogP contribution in [0.3, 0.4) is 0 Å². The van der Waals surface area contributed by atoms with Crippen LogP contribution < -0.4 is 5.32 Å². The van der Waals surface area contributed by atoms with Gasteiger partial charge in [-0.1, -0.05) is 12.1 Å². The molecule has 0 unspecified atom stereocenters. The smallest absolute Gasteiger partial charge is 0.394 e. The van der Waals surface area contributed by atoms with E-state index in [1.165, 1.54) is 16.8 Å². The van der Waals surface area contributed by atoms with Gasteiger partial charge in [0.25, 0.3) is 5.91 Å². The molecular weight excluding hydrogens is 411 g/mol. The minimum Gasteiger partial charge on any atom is -0.394 e. The number of amides is 1. The molecule has 0 aliphatic carbocycles. The number of aromatic nitrogens is 4. The molecule has 10 heteroatoms. The second kappa shape index (κ2) is 7.69. The molecule has 2 aromatic carbocycles. The van der Waals surface area contributed by atoms with E-state index in [9.17, 15) is 23.1 Å². The maximum atomic E-state index is 13.0. The van der Waals surface area contributed by atoms with Gasteiger partial charge in [0.15, 0.2) is 5.65 Å². The number of aliphatic hydroxyl groups is 1. The maximum absolute atomic E-state index is 13.0. The number of aryl methyl sites for hydroxylation is 1. The molecule has 0 radical (unpaired) electrons. The van der Waals surface area contributed by atoms with Crippen molar-refractivity contribution >= 4 is 28.0 Å². The van der Waals surface area contributed by atoms with Crippen molar-refractivity contribution in [2.24, 2.45) is 7.05 Å². The first-order valence-corrected chi connectivity index (χ1v) is 9.67. The van der Waals surface area contributed by atoms with Crippen molar-refractivity contribution in [2.45, 2.75) is 25.6 Å². The standard InChI is InChI=1S/C21H20F3N5O2/c1-3-14(11-30)25-19(31)12-4-9-17-16(10-12)18-20(28(2)27-26-18)29(17)15-7-5-13(6-8-15)21(22,23)24/h4-10,14,30H,3,11H2,1-2H3,(H,25,31)/t14-/m0/s1. The van der Waals surface area contributed by atoms with Crippen LogP contribution in [-0.4, -0.2) is 43.2 Å². The molecule has 162 valence electrons. The van der Waals surface area contributed by atoms with Gasteiger partial charge in [-0.15, -0.1) is 5.10 Å². The Kier molecular flexibility index (Phi) is 5.18. The van der Waals surface area contributed by atoms with Gasteiger partial charge in [-0.2, -0.15) is 13.2 Å².